The second-order valence-corrected chi connectivity index (χ2v) is 8.60. The Labute approximate surface area is 164 Å². The Hall–Kier alpha value is -0.730. The Morgan fingerprint density at radius 1 is 0.852 bits per heavy atom. The van der Waals surface area contributed by atoms with Crippen LogP contribution in [0, 0.1) is 29.6 Å². The fraction of sp³-hybridized carbons (Fsp3) is 0.833. The molecule has 3 aliphatic carbocycles. The molecule has 0 radical (unpaired) electrons. The molecule has 156 valence electrons. The first-order valence-electron chi connectivity index (χ1n) is 11.4. The molecule has 3 aliphatic rings. The van der Waals surface area contributed by atoms with Crippen LogP contribution in [0.5, 0.6) is 0 Å². The molecule has 0 nitrogen and oxygen atoms in total. The van der Waals surface area contributed by atoms with Crippen molar-refractivity contribution in [1.29, 1.82) is 0 Å². The van der Waals surface area contributed by atoms with Crippen LogP contribution in [0.25, 0.3) is 0 Å². The van der Waals surface area contributed by atoms with E-state index in [0.717, 1.165) is 37.0 Å². The maximum absolute atomic E-state index is 12.8. The summed E-state index contributed by atoms with van der Waals surface area (Å²) in [7, 11) is 0. The third-order valence-corrected chi connectivity index (χ3v) is 7.15. The van der Waals surface area contributed by atoms with Gasteiger partial charge in [-0.1, -0.05) is 37.6 Å². The number of hydrogen-bond donors (Lipinski definition) is 0. The van der Waals surface area contributed by atoms with Gasteiger partial charge in [0.05, 0.1) is 5.92 Å². The minimum atomic E-state index is -3.98. The maximum atomic E-state index is 12.8. The summed E-state index contributed by atoms with van der Waals surface area (Å²) in [6, 6.07) is 0. The first kappa shape index (κ1) is 22.6. The van der Waals surface area contributed by atoms with Crippen molar-refractivity contribution in [3.63, 3.8) is 0 Å². The Balaban J connectivity index is 0.00000126. The number of rotatable bonds is 3. The molecule has 0 aromatic heterocycles. The first-order chi connectivity index (χ1) is 13.0. The van der Waals surface area contributed by atoms with E-state index in [9.17, 15) is 13.2 Å². The van der Waals surface area contributed by atoms with Gasteiger partial charge in [-0.05, 0) is 101 Å². The Morgan fingerprint density at radius 3 is 1.96 bits per heavy atom. The summed E-state index contributed by atoms with van der Waals surface area (Å²) in [6.07, 6.45) is 14.1. The Bertz CT molecular complexity index is 472. The molecule has 0 spiro atoms. The molecule has 0 saturated heterocycles. The van der Waals surface area contributed by atoms with E-state index in [-0.39, 0.29) is 0 Å². The van der Waals surface area contributed by atoms with Gasteiger partial charge < -0.3 is 0 Å². The minimum absolute atomic E-state index is 0.337. The van der Waals surface area contributed by atoms with Crippen LogP contribution >= 0.6 is 0 Å². The Morgan fingerprint density at radius 2 is 1.48 bits per heavy atom. The zero-order valence-electron chi connectivity index (χ0n) is 17.5. The standard InChI is InChI=1S/C22H33F3.C2H6/c1-2-3-16-4-6-17(7-5-16)18-8-10-19(11-9-18)20-12-14-21(15-13-20)22(23,24)25;1-2/h2-3,10,16-18,20-21H,4-9,11-15H2,1H3;1-2H3/b3-2+;. The van der Waals surface area contributed by atoms with Gasteiger partial charge in [0.2, 0.25) is 0 Å². The van der Waals surface area contributed by atoms with Gasteiger partial charge in [0.15, 0.2) is 0 Å². The molecule has 0 bridgehead atoms. The summed E-state index contributed by atoms with van der Waals surface area (Å²) in [4.78, 5) is 0. The van der Waals surface area contributed by atoms with Gasteiger partial charge in [-0.25, -0.2) is 0 Å². The molecule has 27 heavy (non-hydrogen) atoms. The highest BCUT2D eigenvalue weighted by atomic mass is 19.4. The predicted octanol–water partition coefficient (Wildman–Crippen LogP) is 8.49. The van der Waals surface area contributed by atoms with E-state index in [2.05, 4.69) is 25.2 Å². The zero-order valence-corrected chi connectivity index (χ0v) is 17.5. The van der Waals surface area contributed by atoms with Gasteiger partial charge in [0.1, 0.15) is 0 Å². The summed E-state index contributed by atoms with van der Waals surface area (Å²) in [6.45, 7) is 6.11. The van der Waals surface area contributed by atoms with Crippen LogP contribution in [-0.4, -0.2) is 6.18 Å². The van der Waals surface area contributed by atoms with Crippen LogP contribution in [0.15, 0.2) is 23.8 Å². The van der Waals surface area contributed by atoms with Crippen molar-refractivity contribution >= 4 is 0 Å². The normalized spacial score (nSPS) is 35.3. The van der Waals surface area contributed by atoms with Gasteiger partial charge in [-0.15, -0.1) is 0 Å². The first-order valence-corrected chi connectivity index (χ1v) is 11.4. The van der Waals surface area contributed by atoms with E-state index in [1.165, 1.54) is 44.1 Å². The lowest BCUT2D eigenvalue weighted by molar-refractivity contribution is -0.183. The van der Waals surface area contributed by atoms with Crippen molar-refractivity contribution < 1.29 is 13.2 Å². The highest BCUT2D eigenvalue weighted by Crippen LogP contribution is 2.45. The van der Waals surface area contributed by atoms with Crippen molar-refractivity contribution in [2.45, 2.75) is 97.6 Å². The van der Waals surface area contributed by atoms with Crippen LogP contribution in [0.3, 0.4) is 0 Å². The molecular formula is C24H39F3. The number of hydrogen-bond acceptors (Lipinski definition) is 0. The molecule has 2 fully saturated rings. The average Bonchev–Trinajstić information content (AvgIpc) is 2.70. The van der Waals surface area contributed by atoms with E-state index in [1.807, 2.05) is 13.8 Å². The van der Waals surface area contributed by atoms with Crippen molar-refractivity contribution in [1.82, 2.24) is 0 Å². The SMILES string of the molecule is C/C=C/C1CCC(C2CC=C(C3CCC(C(F)(F)F)CC3)CC2)CC1.CC. The average molecular weight is 385 g/mol. The topological polar surface area (TPSA) is 0 Å². The molecule has 0 heterocycles. The summed E-state index contributed by atoms with van der Waals surface area (Å²) >= 11 is 0. The summed E-state index contributed by atoms with van der Waals surface area (Å²) in [5.41, 5.74) is 1.49. The molecule has 1 atom stereocenters. The fourth-order valence-electron chi connectivity index (χ4n) is 5.55. The predicted molar refractivity (Wildman–Crippen MR) is 109 cm³/mol. The van der Waals surface area contributed by atoms with Crippen LogP contribution in [0.4, 0.5) is 13.2 Å². The number of halogens is 3. The van der Waals surface area contributed by atoms with Crippen LogP contribution in [0.1, 0.15) is 91.4 Å². The molecule has 0 aliphatic heterocycles. The van der Waals surface area contributed by atoms with Crippen molar-refractivity contribution in [2.75, 3.05) is 0 Å². The summed E-state index contributed by atoms with van der Waals surface area (Å²) in [5.74, 6) is 1.87. The molecule has 0 aromatic rings. The quantitative estimate of drug-likeness (QED) is 0.428. The van der Waals surface area contributed by atoms with Gasteiger partial charge >= 0.3 is 6.18 Å². The molecule has 2 saturated carbocycles. The van der Waals surface area contributed by atoms with Crippen molar-refractivity contribution in [3.05, 3.63) is 23.8 Å². The second-order valence-electron chi connectivity index (χ2n) is 8.60. The van der Waals surface area contributed by atoms with Crippen LogP contribution < -0.4 is 0 Å². The van der Waals surface area contributed by atoms with Gasteiger partial charge in [-0.2, -0.15) is 13.2 Å². The van der Waals surface area contributed by atoms with E-state index < -0.39 is 12.1 Å². The van der Waals surface area contributed by atoms with E-state index >= 15 is 0 Å². The smallest absolute Gasteiger partial charge is 0.171 e. The van der Waals surface area contributed by atoms with Crippen LogP contribution in [-0.2, 0) is 0 Å². The van der Waals surface area contributed by atoms with E-state index in [4.69, 9.17) is 0 Å². The van der Waals surface area contributed by atoms with Gasteiger partial charge in [0, 0.05) is 0 Å². The molecule has 0 amide bonds. The Kier molecular flexibility index (Phi) is 8.95. The molecule has 1 unspecified atom stereocenters. The molecule has 3 rings (SSSR count). The summed E-state index contributed by atoms with van der Waals surface area (Å²) in [5, 5.41) is 0. The molecule has 3 heteroatoms. The second kappa shape index (κ2) is 10.7. The zero-order chi connectivity index (χ0) is 19.9. The van der Waals surface area contributed by atoms with Crippen molar-refractivity contribution in [3.8, 4) is 0 Å². The largest absolute Gasteiger partial charge is 0.391 e. The van der Waals surface area contributed by atoms with E-state index in [1.54, 1.807) is 0 Å². The molecule has 0 aromatic carbocycles. The number of allylic oxidation sites excluding steroid dienone is 4. The lowest BCUT2D eigenvalue weighted by Crippen LogP contribution is -2.29. The maximum Gasteiger partial charge on any atom is 0.391 e. The summed E-state index contributed by atoms with van der Waals surface area (Å²) < 4.78 is 38.5. The minimum Gasteiger partial charge on any atom is -0.171 e. The lowest BCUT2D eigenvalue weighted by Gasteiger charge is -2.37. The third kappa shape index (κ3) is 6.39. The number of alkyl halides is 3. The third-order valence-electron chi connectivity index (χ3n) is 7.15. The highest BCUT2D eigenvalue weighted by Gasteiger charge is 2.42. The van der Waals surface area contributed by atoms with Gasteiger partial charge in [-0.3, -0.25) is 0 Å². The fourth-order valence-corrected chi connectivity index (χ4v) is 5.55. The molecule has 0 N–H and O–H groups in total. The van der Waals surface area contributed by atoms with Gasteiger partial charge in [0.25, 0.3) is 0 Å². The van der Waals surface area contributed by atoms with E-state index in [0.29, 0.717) is 18.8 Å². The lowest BCUT2D eigenvalue weighted by atomic mass is 9.69. The monoisotopic (exact) mass is 384 g/mol. The van der Waals surface area contributed by atoms with Crippen LogP contribution in [0.2, 0.25) is 0 Å². The molecular weight excluding hydrogens is 345 g/mol. The highest BCUT2D eigenvalue weighted by molar-refractivity contribution is 5.12. The van der Waals surface area contributed by atoms with Crippen molar-refractivity contribution in [2.24, 2.45) is 29.6 Å².